The van der Waals surface area contributed by atoms with Gasteiger partial charge in [0.1, 0.15) is 6.54 Å². The van der Waals surface area contributed by atoms with Crippen LogP contribution in [-0.2, 0) is 6.54 Å². The molecule has 1 nitrogen and oxygen atoms in total. The summed E-state index contributed by atoms with van der Waals surface area (Å²) >= 11 is 0. The van der Waals surface area contributed by atoms with Gasteiger partial charge in [0.25, 0.3) is 0 Å². The molecule has 0 aliphatic rings. The van der Waals surface area contributed by atoms with Crippen molar-refractivity contribution in [3.63, 3.8) is 0 Å². The van der Waals surface area contributed by atoms with E-state index in [2.05, 4.69) is 42.6 Å². The van der Waals surface area contributed by atoms with Crippen LogP contribution in [-0.4, -0.2) is 0 Å². The summed E-state index contributed by atoms with van der Waals surface area (Å²) in [6, 6.07) is 4.20. The Kier molecular flexibility index (Phi) is 9.91. The van der Waals surface area contributed by atoms with E-state index in [0.29, 0.717) is 0 Å². The van der Waals surface area contributed by atoms with E-state index in [1.54, 1.807) is 0 Å². The minimum Gasteiger partial charge on any atom is -0.205 e. The van der Waals surface area contributed by atoms with E-state index in [9.17, 15) is 0 Å². The van der Waals surface area contributed by atoms with Crippen molar-refractivity contribution in [1.82, 2.24) is 0 Å². The van der Waals surface area contributed by atoms with Crippen molar-refractivity contribution in [3.8, 4) is 0 Å². The second-order valence-corrected chi connectivity index (χ2v) is 5.76. The molecule has 0 saturated heterocycles. The zero-order valence-corrected chi connectivity index (χ0v) is 13.3. The molecule has 1 rings (SSSR count). The first kappa shape index (κ1) is 16.9. The van der Waals surface area contributed by atoms with Crippen LogP contribution in [0.2, 0.25) is 0 Å². The predicted octanol–water partition coefficient (Wildman–Crippen LogP) is 5.54. The lowest BCUT2D eigenvalue weighted by atomic mass is 10.1. The molecule has 1 aromatic heterocycles. The molecule has 1 aromatic rings. The second-order valence-electron chi connectivity index (χ2n) is 5.76. The Balaban J connectivity index is 1.95. The van der Waals surface area contributed by atoms with E-state index in [0.717, 1.165) is 6.54 Å². The zero-order valence-electron chi connectivity index (χ0n) is 13.3. The maximum absolute atomic E-state index is 3.82. The fraction of sp³-hybridized carbons (Fsp3) is 0.632. The monoisotopic (exact) mass is 274 g/mol. The van der Waals surface area contributed by atoms with Gasteiger partial charge in [-0.25, -0.2) is 4.57 Å². The first-order valence-corrected chi connectivity index (χ1v) is 8.48. The molecule has 0 atom stereocenters. The molecule has 0 amide bonds. The van der Waals surface area contributed by atoms with Gasteiger partial charge in [0, 0.05) is 18.1 Å². The lowest BCUT2D eigenvalue weighted by molar-refractivity contribution is -0.697. The van der Waals surface area contributed by atoms with Gasteiger partial charge in [0.05, 0.1) is 0 Å². The topological polar surface area (TPSA) is 3.88 Å². The van der Waals surface area contributed by atoms with Gasteiger partial charge in [-0.3, -0.25) is 0 Å². The van der Waals surface area contributed by atoms with E-state index in [1.165, 1.54) is 69.8 Å². The molecule has 0 aromatic carbocycles. The molecule has 0 fully saturated rings. The van der Waals surface area contributed by atoms with Gasteiger partial charge in [0.2, 0.25) is 0 Å². The predicted molar refractivity (Wildman–Crippen MR) is 88.6 cm³/mol. The average molecular weight is 274 g/mol. The van der Waals surface area contributed by atoms with E-state index in [1.807, 2.05) is 6.08 Å². The number of unbranched alkanes of at least 4 members (excludes halogenated alkanes) is 9. The molecule has 0 bridgehead atoms. The summed E-state index contributed by atoms with van der Waals surface area (Å²) in [7, 11) is 0. The van der Waals surface area contributed by atoms with Crippen LogP contribution in [0.4, 0.5) is 0 Å². The van der Waals surface area contributed by atoms with Crippen LogP contribution in [0.25, 0.3) is 6.08 Å². The van der Waals surface area contributed by atoms with Gasteiger partial charge in [-0.15, -0.1) is 0 Å². The number of rotatable bonds is 12. The van der Waals surface area contributed by atoms with E-state index >= 15 is 0 Å². The Morgan fingerprint density at radius 1 is 0.950 bits per heavy atom. The third kappa shape index (κ3) is 8.14. The quantitative estimate of drug-likeness (QED) is 0.348. The first-order valence-electron chi connectivity index (χ1n) is 8.48. The van der Waals surface area contributed by atoms with Crippen molar-refractivity contribution in [1.29, 1.82) is 0 Å². The third-order valence-electron chi connectivity index (χ3n) is 3.89. The lowest BCUT2D eigenvalue weighted by Gasteiger charge is -2.01. The molecule has 0 spiro atoms. The highest BCUT2D eigenvalue weighted by Crippen LogP contribution is 2.10. The number of hydrogen-bond donors (Lipinski definition) is 0. The standard InChI is InChI=1S/C19H32N/c1-3-5-6-7-8-9-10-11-12-13-16-20-17-14-15-19(4-2)18-20/h4,14-15,17-18H,2-3,5-13,16H2,1H3/q+1. The minimum absolute atomic E-state index is 1.14. The van der Waals surface area contributed by atoms with Crippen molar-refractivity contribution < 1.29 is 4.57 Å². The maximum Gasteiger partial charge on any atom is 0.176 e. The van der Waals surface area contributed by atoms with Crippen LogP contribution in [0.3, 0.4) is 0 Å². The molecule has 0 aliphatic heterocycles. The summed E-state index contributed by atoms with van der Waals surface area (Å²) in [5.41, 5.74) is 1.21. The summed E-state index contributed by atoms with van der Waals surface area (Å²) in [6.07, 6.45) is 20.2. The molecule has 0 unspecified atom stereocenters. The van der Waals surface area contributed by atoms with Crippen LogP contribution in [0.5, 0.6) is 0 Å². The van der Waals surface area contributed by atoms with Crippen molar-refractivity contribution in [2.24, 2.45) is 0 Å². The molecule has 0 N–H and O–H groups in total. The zero-order chi connectivity index (χ0) is 14.5. The third-order valence-corrected chi connectivity index (χ3v) is 3.89. The Hall–Kier alpha value is -1.11. The summed E-state index contributed by atoms with van der Waals surface area (Å²) in [6.45, 7) is 7.23. The number of aromatic nitrogens is 1. The summed E-state index contributed by atoms with van der Waals surface area (Å²) in [5.74, 6) is 0. The Bertz CT molecular complexity index is 357. The summed E-state index contributed by atoms with van der Waals surface area (Å²) in [5, 5.41) is 0. The van der Waals surface area contributed by atoms with Crippen molar-refractivity contribution in [3.05, 3.63) is 36.7 Å². The van der Waals surface area contributed by atoms with E-state index in [4.69, 9.17) is 0 Å². The maximum atomic E-state index is 3.82. The number of hydrogen-bond acceptors (Lipinski definition) is 0. The number of nitrogens with zero attached hydrogens (tertiary/aromatic N) is 1. The van der Waals surface area contributed by atoms with Crippen molar-refractivity contribution >= 4 is 6.08 Å². The van der Waals surface area contributed by atoms with Crippen LogP contribution in [0.1, 0.15) is 76.7 Å². The SMILES string of the molecule is C=Cc1ccc[n+](CCCCCCCCCCCC)c1. The van der Waals surface area contributed by atoms with Gasteiger partial charge in [-0.2, -0.15) is 0 Å². The molecule has 20 heavy (non-hydrogen) atoms. The molecule has 112 valence electrons. The number of pyridine rings is 1. The fourth-order valence-electron chi connectivity index (χ4n) is 2.58. The van der Waals surface area contributed by atoms with Crippen LogP contribution < -0.4 is 4.57 Å². The highest BCUT2D eigenvalue weighted by Gasteiger charge is 2.00. The minimum atomic E-state index is 1.14. The Labute approximate surface area is 125 Å². The Morgan fingerprint density at radius 3 is 2.15 bits per heavy atom. The molecular weight excluding hydrogens is 242 g/mol. The summed E-state index contributed by atoms with van der Waals surface area (Å²) < 4.78 is 2.28. The fourth-order valence-corrected chi connectivity index (χ4v) is 2.58. The van der Waals surface area contributed by atoms with Gasteiger partial charge in [-0.05, 0) is 12.5 Å². The number of aryl methyl sites for hydroxylation is 1. The molecule has 0 saturated carbocycles. The molecular formula is C19H32N+. The molecule has 0 aliphatic carbocycles. The van der Waals surface area contributed by atoms with E-state index in [-0.39, 0.29) is 0 Å². The van der Waals surface area contributed by atoms with Gasteiger partial charge in [-0.1, -0.05) is 70.9 Å². The molecule has 1 heteroatoms. The van der Waals surface area contributed by atoms with Crippen LogP contribution >= 0.6 is 0 Å². The van der Waals surface area contributed by atoms with E-state index < -0.39 is 0 Å². The van der Waals surface area contributed by atoms with Gasteiger partial charge >= 0.3 is 0 Å². The smallest absolute Gasteiger partial charge is 0.176 e. The average Bonchev–Trinajstić information content (AvgIpc) is 2.49. The lowest BCUT2D eigenvalue weighted by Crippen LogP contribution is -2.32. The highest BCUT2D eigenvalue weighted by molar-refractivity contribution is 5.43. The molecule has 0 radical (unpaired) electrons. The van der Waals surface area contributed by atoms with Gasteiger partial charge < -0.3 is 0 Å². The van der Waals surface area contributed by atoms with Crippen LogP contribution in [0.15, 0.2) is 31.1 Å². The Morgan fingerprint density at radius 2 is 1.55 bits per heavy atom. The largest absolute Gasteiger partial charge is 0.205 e. The normalized spacial score (nSPS) is 10.7. The van der Waals surface area contributed by atoms with Crippen LogP contribution in [0, 0.1) is 0 Å². The summed E-state index contributed by atoms with van der Waals surface area (Å²) in [4.78, 5) is 0. The molecule has 1 heterocycles. The first-order chi connectivity index (χ1) is 9.86. The van der Waals surface area contributed by atoms with Crippen molar-refractivity contribution in [2.75, 3.05) is 0 Å². The highest BCUT2D eigenvalue weighted by atomic mass is 14.9. The van der Waals surface area contributed by atoms with Gasteiger partial charge in [0.15, 0.2) is 12.4 Å². The second kappa shape index (κ2) is 11.7. The van der Waals surface area contributed by atoms with Crippen molar-refractivity contribution in [2.45, 2.75) is 77.7 Å².